The van der Waals surface area contributed by atoms with Gasteiger partial charge in [0, 0.05) is 17.4 Å². The molecule has 1 aliphatic heterocycles. The highest BCUT2D eigenvalue weighted by Gasteiger charge is 2.54. The van der Waals surface area contributed by atoms with Crippen LogP contribution in [0.15, 0.2) is 17.1 Å². The lowest BCUT2D eigenvalue weighted by molar-refractivity contribution is -0.142. The van der Waals surface area contributed by atoms with Crippen molar-refractivity contribution in [3.05, 3.63) is 28.3 Å². The number of carbonyl (C=O) groups is 1. The second kappa shape index (κ2) is 6.58. The predicted molar refractivity (Wildman–Crippen MR) is 117 cm³/mol. The van der Waals surface area contributed by atoms with Crippen LogP contribution in [-0.4, -0.2) is 17.0 Å². The highest BCUT2D eigenvalue weighted by Crippen LogP contribution is 2.60. The van der Waals surface area contributed by atoms with Gasteiger partial charge in [-0.15, -0.1) is 0 Å². The second-order valence-electron chi connectivity index (χ2n) is 10.4. The molecule has 0 amide bonds. The van der Waals surface area contributed by atoms with Gasteiger partial charge in [0.05, 0.1) is 22.0 Å². The van der Waals surface area contributed by atoms with Crippen LogP contribution >= 0.6 is 11.6 Å². The topological polar surface area (TPSA) is 55.5 Å². The van der Waals surface area contributed by atoms with Gasteiger partial charge in [0.1, 0.15) is 5.78 Å². The predicted octanol–water partition coefficient (Wildman–Crippen LogP) is 5.86. The molecule has 0 radical (unpaired) electrons. The summed E-state index contributed by atoms with van der Waals surface area (Å²) in [7, 11) is 0. The molecule has 5 aliphatic rings. The fraction of sp³-hybridized carbons (Fsp3) is 0.667. The zero-order valence-electron chi connectivity index (χ0n) is 16.4. The minimum atomic E-state index is -0.205. The standard InChI is InChI=1S/C23H29ClN2O.CH4/c1-22(2)12-16-6-18(24)19(25)7-17(16)20(26-22)8-21(27)23-9-13-3-14(10-23)5-15(4-13)11-23;/h6-7,13-15H,3-5,8-12,25H2,1-2H3;1H4. The van der Waals surface area contributed by atoms with Gasteiger partial charge < -0.3 is 5.73 Å². The van der Waals surface area contributed by atoms with Gasteiger partial charge in [-0.1, -0.05) is 19.0 Å². The van der Waals surface area contributed by atoms with Gasteiger partial charge in [-0.2, -0.15) is 0 Å². The first-order chi connectivity index (χ1) is 12.7. The number of anilines is 1. The molecule has 1 heterocycles. The maximum atomic E-state index is 13.6. The molecular weight excluding hydrogens is 368 g/mol. The highest BCUT2D eigenvalue weighted by atomic mass is 35.5. The summed E-state index contributed by atoms with van der Waals surface area (Å²) < 4.78 is 0. The monoisotopic (exact) mass is 400 g/mol. The summed E-state index contributed by atoms with van der Waals surface area (Å²) in [6.45, 7) is 4.27. The number of nitrogens with two attached hydrogens (primary N) is 1. The highest BCUT2D eigenvalue weighted by molar-refractivity contribution is 6.33. The lowest BCUT2D eigenvalue weighted by Gasteiger charge is -2.56. The number of fused-ring (bicyclic) bond motifs is 1. The largest absolute Gasteiger partial charge is 0.398 e. The van der Waals surface area contributed by atoms with E-state index in [4.69, 9.17) is 22.3 Å². The van der Waals surface area contributed by atoms with E-state index in [-0.39, 0.29) is 18.4 Å². The number of rotatable bonds is 3. The van der Waals surface area contributed by atoms with Crippen molar-refractivity contribution in [1.29, 1.82) is 0 Å². The molecule has 0 aromatic heterocycles. The maximum Gasteiger partial charge on any atom is 0.145 e. The average Bonchev–Trinajstić information content (AvgIpc) is 2.54. The van der Waals surface area contributed by atoms with Crippen LogP contribution in [0.3, 0.4) is 0 Å². The van der Waals surface area contributed by atoms with E-state index in [1.807, 2.05) is 12.1 Å². The number of nitrogens with zero attached hydrogens (tertiary/aromatic N) is 1. The normalized spacial score (nSPS) is 34.4. The molecule has 4 bridgehead atoms. The van der Waals surface area contributed by atoms with E-state index < -0.39 is 0 Å². The Morgan fingerprint density at radius 1 is 1.14 bits per heavy atom. The van der Waals surface area contributed by atoms with Crippen LogP contribution in [0.25, 0.3) is 0 Å². The fourth-order valence-corrected chi connectivity index (χ4v) is 7.09. The van der Waals surface area contributed by atoms with Crippen LogP contribution in [0, 0.1) is 23.2 Å². The number of benzene rings is 1. The van der Waals surface area contributed by atoms with Crippen LogP contribution in [0.5, 0.6) is 0 Å². The second-order valence-corrected chi connectivity index (χ2v) is 10.8. The summed E-state index contributed by atoms with van der Waals surface area (Å²) in [6, 6.07) is 3.90. The lowest BCUT2D eigenvalue weighted by atomic mass is 9.48. The van der Waals surface area contributed by atoms with Gasteiger partial charge in [0.15, 0.2) is 0 Å². The first-order valence-corrected chi connectivity index (χ1v) is 10.8. The SMILES string of the molecule is C.CC1(C)Cc2cc(Cl)c(N)cc2C(CC(=O)C23CC4CC(CC(C4)C2)C3)=N1. The molecule has 0 saturated heterocycles. The number of hydrogen-bond donors (Lipinski definition) is 1. The van der Waals surface area contributed by atoms with Crippen LogP contribution in [0.4, 0.5) is 5.69 Å². The Labute approximate surface area is 174 Å². The molecule has 4 fully saturated rings. The van der Waals surface area contributed by atoms with Crippen molar-refractivity contribution in [3.8, 4) is 0 Å². The van der Waals surface area contributed by atoms with Crippen LogP contribution < -0.4 is 5.73 Å². The maximum absolute atomic E-state index is 13.6. The van der Waals surface area contributed by atoms with Gasteiger partial charge in [0.25, 0.3) is 0 Å². The van der Waals surface area contributed by atoms with Crippen LogP contribution in [0.2, 0.25) is 5.02 Å². The van der Waals surface area contributed by atoms with Gasteiger partial charge in [0.2, 0.25) is 0 Å². The molecule has 1 aromatic rings. The molecular formula is C24H33ClN2O. The number of ketones is 1. The molecule has 6 rings (SSSR count). The lowest BCUT2D eigenvalue weighted by Crippen LogP contribution is -2.50. The Balaban J connectivity index is 0.00000192. The summed E-state index contributed by atoms with van der Waals surface area (Å²) in [5.74, 6) is 2.78. The smallest absolute Gasteiger partial charge is 0.145 e. The number of aliphatic imine (C=N–C) groups is 1. The number of nitrogen functional groups attached to an aromatic ring is 1. The molecule has 2 N–H and O–H groups in total. The minimum Gasteiger partial charge on any atom is -0.398 e. The van der Waals surface area contributed by atoms with Crippen LogP contribution in [-0.2, 0) is 11.2 Å². The van der Waals surface area contributed by atoms with Crippen molar-refractivity contribution in [2.45, 2.75) is 78.2 Å². The van der Waals surface area contributed by atoms with Crippen molar-refractivity contribution in [3.63, 3.8) is 0 Å². The van der Waals surface area contributed by atoms with E-state index in [1.165, 1.54) is 24.8 Å². The summed E-state index contributed by atoms with van der Waals surface area (Å²) in [6.07, 6.45) is 8.70. The third kappa shape index (κ3) is 3.20. The van der Waals surface area contributed by atoms with Gasteiger partial charge in [-0.25, -0.2) is 0 Å². The molecule has 3 nitrogen and oxygen atoms in total. The van der Waals surface area contributed by atoms with Gasteiger partial charge in [-0.05, 0) is 94.2 Å². The van der Waals surface area contributed by atoms with Gasteiger partial charge in [-0.3, -0.25) is 9.79 Å². The van der Waals surface area contributed by atoms with Crippen LogP contribution in [0.1, 0.15) is 77.3 Å². The number of carbonyl (C=O) groups excluding carboxylic acids is 1. The average molecular weight is 401 g/mol. The van der Waals surface area contributed by atoms with E-state index in [2.05, 4.69) is 13.8 Å². The van der Waals surface area contributed by atoms with E-state index in [1.54, 1.807) is 0 Å². The number of hydrogen-bond acceptors (Lipinski definition) is 3. The Kier molecular flexibility index (Phi) is 4.69. The first kappa shape index (κ1) is 19.9. The Hall–Kier alpha value is -1.35. The Bertz CT molecular complexity index is 819. The van der Waals surface area contributed by atoms with Crippen molar-refractivity contribution >= 4 is 28.8 Å². The summed E-state index contributed by atoms with van der Waals surface area (Å²) >= 11 is 6.27. The molecule has 0 unspecified atom stereocenters. The zero-order valence-corrected chi connectivity index (χ0v) is 17.1. The summed E-state index contributed by atoms with van der Waals surface area (Å²) in [5.41, 5.74) is 9.50. The van der Waals surface area contributed by atoms with Crippen molar-refractivity contribution in [1.82, 2.24) is 0 Å². The summed E-state index contributed by atoms with van der Waals surface area (Å²) in [5, 5.41) is 0.596. The Morgan fingerprint density at radius 2 is 1.71 bits per heavy atom. The third-order valence-electron chi connectivity index (χ3n) is 7.55. The Morgan fingerprint density at radius 3 is 2.29 bits per heavy atom. The quantitative estimate of drug-likeness (QED) is 0.646. The van der Waals surface area contributed by atoms with Crippen molar-refractivity contribution in [2.75, 3.05) is 5.73 Å². The third-order valence-corrected chi connectivity index (χ3v) is 7.88. The molecule has 4 saturated carbocycles. The minimum absolute atomic E-state index is 0. The van der Waals surface area contributed by atoms with E-state index in [9.17, 15) is 4.79 Å². The molecule has 1 aromatic carbocycles. The molecule has 4 heteroatoms. The van der Waals surface area contributed by atoms with Crippen molar-refractivity contribution in [2.24, 2.45) is 28.2 Å². The summed E-state index contributed by atoms with van der Waals surface area (Å²) in [4.78, 5) is 18.6. The zero-order chi connectivity index (χ0) is 19.0. The first-order valence-electron chi connectivity index (χ1n) is 10.4. The fourth-order valence-electron chi connectivity index (χ4n) is 6.90. The molecule has 152 valence electrons. The van der Waals surface area contributed by atoms with E-state index in [0.29, 0.717) is 22.9 Å². The number of Topliss-reactive ketones (excluding diaryl/α,β-unsaturated/α-hetero) is 1. The molecule has 0 atom stereocenters. The van der Waals surface area contributed by atoms with Crippen molar-refractivity contribution < 1.29 is 4.79 Å². The molecule has 28 heavy (non-hydrogen) atoms. The molecule has 4 aliphatic carbocycles. The number of halogens is 1. The molecule has 0 spiro atoms. The van der Waals surface area contributed by atoms with E-state index >= 15 is 0 Å². The van der Waals surface area contributed by atoms with E-state index in [0.717, 1.165) is 54.7 Å². The van der Waals surface area contributed by atoms with Gasteiger partial charge >= 0.3 is 0 Å².